The molecule has 4 nitrogen and oxygen atoms in total. The Labute approximate surface area is 490 Å². The number of anilines is 9. The first-order valence-electron chi connectivity index (χ1n) is 29.8. The third-order valence-electron chi connectivity index (χ3n) is 17.8. The van der Waals surface area contributed by atoms with Gasteiger partial charge in [-0.25, -0.2) is 0 Å². The van der Waals surface area contributed by atoms with Crippen LogP contribution >= 0.6 is 0 Å². The van der Waals surface area contributed by atoms with Crippen molar-refractivity contribution in [2.24, 2.45) is 7.05 Å². The highest BCUT2D eigenvalue weighted by molar-refractivity contribution is 7.00. The molecule has 0 atom stereocenters. The van der Waals surface area contributed by atoms with Crippen LogP contribution < -0.4 is 31.1 Å². The number of rotatable bonds is 6. The summed E-state index contributed by atoms with van der Waals surface area (Å²) in [5.74, 6) is 0. The monoisotopic (exact) mass is 1070 g/mol. The van der Waals surface area contributed by atoms with Gasteiger partial charge in [0.15, 0.2) is 0 Å². The van der Waals surface area contributed by atoms with E-state index >= 15 is 0 Å². The molecule has 0 radical (unpaired) electrons. The molecular weight excluding hydrogens is 992 g/mol. The van der Waals surface area contributed by atoms with Crippen molar-refractivity contribution < 1.29 is 0 Å². The van der Waals surface area contributed by atoms with Gasteiger partial charge in [-0.15, -0.1) is 0 Å². The van der Waals surface area contributed by atoms with Gasteiger partial charge in [-0.1, -0.05) is 212 Å². The summed E-state index contributed by atoms with van der Waals surface area (Å²) in [5, 5.41) is 2.47. The van der Waals surface area contributed by atoms with Crippen molar-refractivity contribution in [1.29, 1.82) is 0 Å². The molecule has 0 spiro atoms. The average Bonchev–Trinajstić information content (AvgIpc) is 1.79. The van der Waals surface area contributed by atoms with E-state index in [1.807, 2.05) is 0 Å². The molecule has 82 heavy (non-hydrogen) atoms. The summed E-state index contributed by atoms with van der Waals surface area (Å²) in [6.45, 7) is 39.1. The van der Waals surface area contributed by atoms with Crippen LogP contribution in [0.4, 0.5) is 51.2 Å². The predicted octanol–water partition coefficient (Wildman–Crippen LogP) is 19.7. The fourth-order valence-electron chi connectivity index (χ4n) is 13.2. The summed E-state index contributed by atoms with van der Waals surface area (Å²) >= 11 is 0. The quantitative estimate of drug-likeness (QED) is 0.154. The zero-order valence-corrected chi connectivity index (χ0v) is 52.1. The summed E-state index contributed by atoms with van der Waals surface area (Å²) in [5.41, 5.74) is 28.1. The summed E-state index contributed by atoms with van der Waals surface area (Å²) in [7, 11) is 2.29. The lowest BCUT2D eigenvalue weighted by atomic mass is 9.33. The highest BCUT2D eigenvalue weighted by atomic mass is 15.2. The number of hydrogen-bond acceptors (Lipinski definition) is 3. The van der Waals surface area contributed by atoms with Crippen LogP contribution in [0, 0.1) is 13.8 Å². The summed E-state index contributed by atoms with van der Waals surface area (Å²) in [6.07, 6.45) is 0. The van der Waals surface area contributed by atoms with Crippen LogP contribution in [0.2, 0.25) is 0 Å². The van der Waals surface area contributed by atoms with Crippen molar-refractivity contribution in [3.8, 4) is 11.1 Å². The first kappa shape index (κ1) is 54.8. The fraction of sp³-hybridized carbons (Fsp3) is 0.299. The second-order valence-electron chi connectivity index (χ2n) is 29.1. The lowest BCUT2D eigenvalue weighted by molar-refractivity contribution is 0.590. The maximum atomic E-state index is 2.67. The molecule has 2 aliphatic rings. The van der Waals surface area contributed by atoms with Crippen LogP contribution in [0.15, 0.2) is 176 Å². The molecule has 0 saturated heterocycles. The Hall–Kier alpha value is -7.76. The van der Waals surface area contributed by atoms with Crippen molar-refractivity contribution >= 4 is 96.1 Å². The molecule has 0 fully saturated rings. The molecule has 0 N–H and O–H groups in total. The fourth-order valence-corrected chi connectivity index (χ4v) is 13.2. The van der Waals surface area contributed by atoms with Crippen LogP contribution in [-0.2, 0) is 34.1 Å². The van der Waals surface area contributed by atoms with E-state index in [1.54, 1.807) is 0 Å². The summed E-state index contributed by atoms with van der Waals surface area (Å²) < 4.78 is 2.48. The number of hydrogen-bond donors (Lipinski definition) is 0. The van der Waals surface area contributed by atoms with Crippen molar-refractivity contribution in [2.75, 3.05) is 14.7 Å². The van der Waals surface area contributed by atoms with Crippen molar-refractivity contribution in [3.05, 3.63) is 215 Å². The first-order valence-corrected chi connectivity index (χ1v) is 29.8. The summed E-state index contributed by atoms with van der Waals surface area (Å²) in [6, 6.07) is 69.0. The van der Waals surface area contributed by atoms with E-state index in [0.29, 0.717) is 0 Å². The smallest absolute Gasteiger partial charge is 0.252 e. The largest absolute Gasteiger partial charge is 0.342 e. The first-order chi connectivity index (χ1) is 38.6. The second-order valence-corrected chi connectivity index (χ2v) is 29.1. The molecule has 5 heteroatoms. The van der Waals surface area contributed by atoms with Gasteiger partial charge in [-0.3, -0.25) is 0 Å². The number of nitrogens with zero attached hydrogens (tertiary/aromatic N) is 4. The minimum absolute atomic E-state index is 0.00168. The van der Waals surface area contributed by atoms with Gasteiger partial charge in [-0.2, -0.15) is 0 Å². The van der Waals surface area contributed by atoms with E-state index < -0.39 is 0 Å². The van der Waals surface area contributed by atoms with Crippen molar-refractivity contribution in [3.63, 3.8) is 0 Å². The molecule has 414 valence electrons. The van der Waals surface area contributed by atoms with Crippen molar-refractivity contribution in [2.45, 2.75) is 145 Å². The standard InChI is InChI=1S/C77H83BN4/c1-48-41-49(2)43-50(42-48)51-44-66-70-67(45-51)82(60-38-29-55(30-39-60)76(12,13)14)71-63(78(70)62-46-56(77(15,16)17)31-40-65(62)81(66)59-36-27-54(28-37-59)75(9,10)11)47-68(72-69(71)61-21-19-20-22-64(61)79(72)18)80(57-32-23-52(24-33-57)73(3,4)5)58-34-25-53(26-35-58)74(6,7)8/h19-47H,1-18H3. The Balaban J connectivity index is 1.28. The number of aromatic nitrogens is 1. The van der Waals surface area contributed by atoms with E-state index in [4.69, 9.17) is 0 Å². The van der Waals surface area contributed by atoms with Crippen LogP contribution in [0.1, 0.15) is 143 Å². The normalized spacial score (nSPS) is 13.7. The van der Waals surface area contributed by atoms with Gasteiger partial charge in [0.1, 0.15) is 0 Å². The number of aryl methyl sites for hydroxylation is 3. The third-order valence-corrected chi connectivity index (χ3v) is 17.8. The maximum Gasteiger partial charge on any atom is 0.252 e. The molecule has 10 aromatic rings. The molecule has 0 amide bonds. The summed E-state index contributed by atoms with van der Waals surface area (Å²) in [4.78, 5) is 7.82. The van der Waals surface area contributed by atoms with Crippen LogP contribution in [0.5, 0.6) is 0 Å². The molecule has 0 aliphatic carbocycles. The van der Waals surface area contributed by atoms with Gasteiger partial charge in [0, 0.05) is 63.1 Å². The SMILES string of the molecule is Cc1cc(C)cc(-c2cc3c4c(c2)N(c2ccc(C(C)(C)C)cc2)c2c(cc(N(c5ccc(C(C)(C)C)cc5)c5ccc(C(C)(C)C)cc5)c5c2c2ccccc2n5C)B4c2cc(C(C)(C)C)ccc2N3c2ccc(C(C)(C)C)cc2)c1. The van der Waals surface area contributed by atoms with E-state index in [2.05, 4.69) is 320 Å². The van der Waals surface area contributed by atoms with Gasteiger partial charge in [0.25, 0.3) is 6.71 Å². The van der Waals surface area contributed by atoms with E-state index in [9.17, 15) is 0 Å². The van der Waals surface area contributed by atoms with Crippen LogP contribution in [-0.4, -0.2) is 11.3 Å². The van der Waals surface area contributed by atoms with Gasteiger partial charge < -0.3 is 19.3 Å². The Morgan fingerprint density at radius 2 is 0.817 bits per heavy atom. The van der Waals surface area contributed by atoms with Crippen molar-refractivity contribution in [1.82, 2.24) is 4.57 Å². The van der Waals surface area contributed by atoms with E-state index in [0.717, 1.165) is 28.4 Å². The molecule has 3 heterocycles. The van der Waals surface area contributed by atoms with Gasteiger partial charge in [0.05, 0.1) is 16.9 Å². The average molecular weight is 1080 g/mol. The molecule has 0 saturated carbocycles. The Bertz CT molecular complexity index is 4050. The number of benzene rings is 9. The van der Waals surface area contributed by atoms with Gasteiger partial charge in [0.2, 0.25) is 0 Å². The lowest BCUT2D eigenvalue weighted by Crippen LogP contribution is -2.61. The molecule has 0 unspecified atom stereocenters. The molecule has 0 bridgehead atoms. The molecule has 9 aromatic carbocycles. The number of fused-ring (bicyclic) bond motifs is 8. The second kappa shape index (κ2) is 19.2. The minimum atomic E-state index is -0.156. The van der Waals surface area contributed by atoms with Crippen LogP contribution in [0.3, 0.4) is 0 Å². The maximum absolute atomic E-state index is 2.67. The lowest BCUT2D eigenvalue weighted by Gasteiger charge is -2.45. The van der Waals surface area contributed by atoms with Gasteiger partial charge >= 0.3 is 0 Å². The molecule has 2 aliphatic heterocycles. The topological polar surface area (TPSA) is 14.7 Å². The Morgan fingerprint density at radius 3 is 1.30 bits per heavy atom. The van der Waals surface area contributed by atoms with Crippen LogP contribution in [0.25, 0.3) is 32.9 Å². The molecule has 1 aromatic heterocycles. The highest BCUT2D eigenvalue weighted by Crippen LogP contribution is 2.53. The highest BCUT2D eigenvalue weighted by Gasteiger charge is 2.46. The molecular formula is C77H83BN4. The van der Waals surface area contributed by atoms with Gasteiger partial charge in [-0.05, 0) is 175 Å². The third kappa shape index (κ3) is 9.33. The Kier molecular flexibility index (Phi) is 12.8. The van der Waals surface area contributed by atoms with E-state index in [-0.39, 0.29) is 33.8 Å². The minimum Gasteiger partial charge on any atom is -0.342 e. The zero-order valence-electron chi connectivity index (χ0n) is 52.1. The zero-order chi connectivity index (χ0) is 58.3. The molecule has 12 rings (SSSR count). The Morgan fingerprint density at radius 1 is 0.390 bits per heavy atom. The predicted molar refractivity (Wildman–Crippen MR) is 358 cm³/mol. The van der Waals surface area contributed by atoms with E-state index in [1.165, 1.54) is 111 Å². The number of para-hydroxylation sites is 1.